The second kappa shape index (κ2) is 8.02. The molecule has 116 valence electrons. The van der Waals surface area contributed by atoms with Crippen molar-refractivity contribution < 1.29 is 13.5 Å². The van der Waals surface area contributed by atoms with E-state index in [2.05, 4.69) is 9.98 Å². The van der Waals surface area contributed by atoms with Crippen molar-refractivity contribution in [2.24, 2.45) is 10.7 Å². The number of halogens is 2. The van der Waals surface area contributed by atoms with Crippen molar-refractivity contribution in [1.29, 1.82) is 0 Å². The molecule has 1 aliphatic rings. The number of guanidine groups is 1. The number of aromatic nitrogens is 1. The van der Waals surface area contributed by atoms with Gasteiger partial charge >= 0.3 is 0 Å². The molecule has 0 aliphatic carbocycles. The minimum atomic E-state index is -2.51. The lowest BCUT2D eigenvalue weighted by atomic mass is 10.3. The van der Waals surface area contributed by atoms with E-state index in [0.29, 0.717) is 18.2 Å². The Bertz CT molecular complexity index is 481. The lowest BCUT2D eigenvalue weighted by Crippen LogP contribution is -2.42. The summed E-state index contributed by atoms with van der Waals surface area (Å²) >= 11 is 1.90. The molecule has 0 bridgehead atoms. The number of ether oxygens (including phenoxy) is 1. The summed E-state index contributed by atoms with van der Waals surface area (Å²) in [7, 11) is 0. The quantitative estimate of drug-likeness (QED) is 0.660. The number of aliphatic imine (C=N–C) groups is 1. The molecule has 0 amide bonds. The van der Waals surface area contributed by atoms with Gasteiger partial charge < -0.3 is 15.4 Å². The fourth-order valence-corrected chi connectivity index (χ4v) is 2.73. The number of nitrogens with two attached hydrogens (primary N) is 1. The van der Waals surface area contributed by atoms with Crippen molar-refractivity contribution in [3.8, 4) is 5.88 Å². The van der Waals surface area contributed by atoms with Gasteiger partial charge in [-0.1, -0.05) is 6.07 Å². The molecule has 2 rings (SSSR count). The highest BCUT2D eigenvalue weighted by Gasteiger charge is 2.12. The minimum absolute atomic E-state index is 0.177. The van der Waals surface area contributed by atoms with Gasteiger partial charge in [0.1, 0.15) is 0 Å². The zero-order valence-electron chi connectivity index (χ0n) is 11.5. The molecule has 0 radical (unpaired) electrons. The molecular weight excluding hydrogens is 298 g/mol. The topological polar surface area (TPSA) is 63.7 Å². The van der Waals surface area contributed by atoms with Crippen LogP contribution in [0.3, 0.4) is 0 Å². The maximum atomic E-state index is 12.1. The Kier molecular flexibility index (Phi) is 6.04. The summed E-state index contributed by atoms with van der Waals surface area (Å²) < 4.78 is 29.0. The van der Waals surface area contributed by atoms with E-state index in [9.17, 15) is 8.78 Å². The molecule has 1 aliphatic heterocycles. The van der Waals surface area contributed by atoms with Gasteiger partial charge in [-0.15, -0.1) is 0 Å². The molecule has 0 spiro atoms. The van der Waals surface area contributed by atoms with E-state index in [1.807, 2.05) is 16.7 Å². The molecule has 2 N–H and O–H groups in total. The fourth-order valence-electron chi connectivity index (χ4n) is 1.83. The van der Waals surface area contributed by atoms with E-state index in [1.54, 1.807) is 18.2 Å². The van der Waals surface area contributed by atoms with E-state index in [0.717, 1.165) is 24.6 Å². The Morgan fingerprint density at radius 2 is 2.19 bits per heavy atom. The Hall–Kier alpha value is -1.57. The second-order valence-corrected chi connectivity index (χ2v) is 5.67. The number of pyridine rings is 1. The minimum Gasteiger partial charge on any atom is -0.472 e. The number of hydrogen-bond acceptors (Lipinski definition) is 4. The Morgan fingerprint density at radius 1 is 1.43 bits per heavy atom. The molecule has 0 atom stereocenters. The summed E-state index contributed by atoms with van der Waals surface area (Å²) in [5, 5.41) is 0. The van der Waals surface area contributed by atoms with Crippen LogP contribution in [0.5, 0.6) is 5.88 Å². The third-order valence-electron chi connectivity index (χ3n) is 2.88. The first kappa shape index (κ1) is 15.8. The zero-order chi connectivity index (χ0) is 15.1. The van der Waals surface area contributed by atoms with Crippen LogP contribution in [-0.4, -0.2) is 53.5 Å². The van der Waals surface area contributed by atoms with Crippen molar-refractivity contribution in [2.45, 2.75) is 13.0 Å². The van der Waals surface area contributed by atoms with Crippen LogP contribution in [-0.2, 0) is 6.54 Å². The van der Waals surface area contributed by atoms with Gasteiger partial charge in [0, 0.05) is 30.7 Å². The fraction of sp³-hybridized carbons (Fsp3) is 0.538. The predicted molar refractivity (Wildman–Crippen MR) is 80.0 cm³/mol. The van der Waals surface area contributed by atoms with E-state index in [1.165, 1.54) is 0 Å². The standard InChI is InChI=1S/C13H18F2N4OS/c14-11(15)9-20-12-3-1-2-10(18-12)8-17-13(16)19-4-6-21-7-5-19/h1-3,11H,4-9H2,(H2,16,17). The monoisotopic (exact) mass is 316 g/mol. The van der Waals surface area contributed by atoms with Crippen LogP contribution in [0.4, 0.5) is 8.78 Å². The highest BCUT2D eigenvalue weighted by atomic mass is 32.2. The average molecular weight is 316 g/mol. The van der Waals surface area contributed by atoms with E-state index in [-0.39, 0.29) is 5.88 Å². The third-order valence-corrected chi connectivity index (χ3v) is 3.82. The third kappa shape index (κ3) is 5.37. The number of rotatable bonds is 5. The molecule has 5 nitrogen and oxygen atoms in total. The van der Waals surface area contributed by atoms with Crippen LogP contribution in [0.25, 0.3) is 0 Å². The van der Waals surface area contributed by atoms with Crippen LogP contribution in [0.2, 0.25) is 0 Å². The van der Waals surface area contributed by atoms with E-state index < -0.39 is 13.0 Å². The molecule has 1 aromatic rings. The maximum absolute atomic E-state index is 12.1. The summed E-state index contributed by atoms with van der Waals surface area (Å²) in [5.74, 6) is 2.77. The summed E-state index contributed by atoms with van der Waals surface area (Å²) in [6.45, 7) is 1.44. The molecule has 1 aromatic heterocycles. The van der Waals surface area contributed by atoms with Crippen molar-refractivity contribution >= 4 is 17.7 Å². The number of alkyl halides is 2. The summed E-state index contributed by atoms with van der Waals surface area (Å²) in [6, 6.07) is 5.01. The lowest BCUT2D eigenvalue weighted by molar-refractivity contribution is 0.0795. The number of thioether (sulfide) groups is 1. The molecule has 21 heavy (non-hydrogen) atoms. The van der Waals surface area contributed by atoms with Gasteiger partial charge in [0.25, 0.3) is 6.43 Å². The van der Waals surface area contributed by atoms with Crippen molar-refractivity contribution in [2.75, 3.05) is 31.2 Å². The normalized spacial score (nSPS) is 16.3. The molecule has 2 heterocycles. The second-order valence-electron chi connectivity index (χ2n) is 4.44. The van der Waals surface area contributed by atoms with Crippen molar-refractivity contribution in [3.05, 3.63) is 23.9 Å². The summed E-state index contributed by atoms with van der Waals surface area (Å²) in [6.07, 6.45) is -2.51. The lowest BCUT2D eigenvalue weighted by Gasteiger charge is -2.27. The SMILES string of the molecule is NC(=NCc1cccc(OCC(F)F)n1)N1CCSCC1. The molecule has 0 aromatic carbocycles. The van der Waals surface area contributed by atoms with Gasteiger partial charge in [-0.2, -0.15) is 11.8 Å². The smallest absolute Gasteiger partial charge is 0.272 e. The zero-order valence-corrected chi connectivity index (χ0v) is 12.4. The Morgan fingerprint density at radius 3 is 2.90 bits per heavy atom. The van der Waals surface area contributed by atoms with E-state index >= 15 is 0 Å². The van der Waals surface area contributed by atoms with Crippen molar-refractivity contribution in [3.63, 3.8) is 0 Å². The van der Waals surface area contributed by atoms with Crippen LogP contribution >= 0.6 is 11.8 Å². The molecule has 0 unspecified atom stereocenters. The highest BCUT2D eigenvalue weighted by molar-refractivity contribution is 7.99. The van der Waals surface area contributed by atoms with Gasteiger partial charge in [-0.3, -0.25) is 0 Å². The molecule has 1 saturated heterocycles. The average Bonchev–Trinajstić information content (AvgIpc) is 2.52. The van der Waals surface area contributed by atoms with Crippen LogP contribution in [0.15, 0.2) is 23.2 Å². The first-order valence-corrected chi connectivity index (χ1v) is 7.80. The van der Waals surface area contributed by atoms with E-state index in [4.69, 9.17) is 10.5 Å². The summed E-state index contributed by atoms with van der Waals surface area (Å²) in [4.78, 5) is 10.5. The Labute approximate surface area is 126 Å². The highest BCUT2D eigenvalue weighted by Crippen LogP contribution is 2.11. The molecular formula is C13H18F2N4OS. The van der Waals surface area contributed by atoms with Gasteiger partial charge in [0.15, 0.2) is 12.6 Å². The predicted octanol–water partition coefficient (Wildman–Crippen LogP) is 1.59. The maximum Gasteiger partial charge on any atom is 0.272 e. The summed E-state index contributed by atoms with van der Waals surface area (Å²) in [5.41, 5.74) is 6.58. The molecule has 8 heteroatoms. The van der Waals surface area contributed by atoms with Gasteiger partial charge in [0.2, 0.25) is 5.88 Å². The van der Waals surface area contributed by atoms with Gasteiger partial charge in [-0.05, 0) is 6.07 Å². The number of hydrogen-bond donors (Lipinski definition) is 1. The first-order valence-electron chi connectivity index (χ1n) is 6.64. The van der Waals surface area contributed by atoms with Gasteiger partial charge in [-0.25, -0.2) is 18.8 Å². The largest absolute Gasteiger partial charge is 0.472 e. The van der Waals surface area contributed by atoms with Crippen molar-refractivity contribution in [1.82, 2.24) is 9.88 Å². The van der Waals surface area contributed by atoms with Gasteiger partial charge in [0.05, 0.1) is 12.2 Å². The molecule has 0 saturated carbocycles. The van der Waals surface area contributed by atoms with Crippen LogP contribution < -0.4 is 10.5 Å². The van der Waals surface area contributed by atoms with Crippen LogP contribution in [0, 0.1) is 0 Å². The first-order chi connectivity index (χ1) is 10.1. The number of nitrogens with zero attached hydrogens (tertiary/aromatic N) is 3. The van der Waals surface area contributed by atoms with Crippen LogP contribution in [0.1, 0.15) is 5.69 Å². The Balaban J connectivity index is 1.91. The molecule has 1 fully saturated rings.